The van der Waals surface area contributed by atoms with E-state index in [1.54, 1.807) is 0 Å². The van der Waals surface area contributed by atoms with Gasteiger partial charge < -0.3 is 4.90 Å². The van der Waals surface area contributed by atoms with Crippen molar-refractivity contribution in [1.82, 2.24) is 4.90 Å². The number of hydrogen-bond acceptors (Lipinski definition) is 1. The van der Waals surface area contributed by atoms with E-state index in [4.69, 9.17) is 11.6 Å². The zero-order valence-electron chi connectivity index (χ0n) is 13.7. The molecule has 0 spiro atoms. The zero-order valence-corrected chi connectivity index (χ0v) is 14.5. The topological polar surface area (TPSA) is 15.6 Å². The Kier molecular flexibility index (Phi) is 5.62. The molecule has 0 saturated heterocycles. The van der Waals surface area contributed by atoms with Crippen molar-refractivity contribution < 1.29 is 0 Å². The molecule has 0 atom stereocenters. The van der Waals surface area contributed by atoms with Gasteiger partial charge in [0.25, 0.3) is 0 Å². The summed E-state index contributed by atoms with van der Waals surface area (Å²) in [4.78, 5) is 6.55. The molecule has 0 aliphatic heterocycles. The van der Waals surface area contributed by atoms with Gasteiger partial charge in [-0.3, -0.25) is 0 Å². The zero-order chi connectivity index (χ0) is 16.1. The van der Waals surface area contributed by atoms with Crippen LogP contribution in [0.3, 0.4) is 0 Å². The molecule has 2 aromatic rings. The first-order chi connectivity index (χ1) is 10.5. The molecule has 0 aromatic heterocycles. The molecule has 0 N–H and O–H groups in total. The van der Waals surface area contributed by atoms with Crippen LogP contribution < -0.4 is 0 Å². The van der Waals surface area contributed by atoms with Gasteiger partial charge in [0.1, 0.15) is 0 Å². The summed E-state index contributed by atoms with van der Waals surface area (Å²) in [5.41, 5.74) is 5.76. The van der Waals surface area contributed by atoms with Gasteiger partial charge >= 0.3 is 0 Å². The molecule has 0 heterocycles. The summed E-state index contributed by atoms with van der Waals surface area (Å²) in [6.07, 6.45) is 2.69. The molecule has 0 amide bonds. The molecule has 2 nitrogen and oxygen atoms in total. The smallest absolute Gasteiger partial charge is 0.0909 e. The van der Waals surface area contributed by atoms with Crippen molar-refractivity contribution in [2.45, 2.75) is 27.2 Å². The molecule has 0 bridgehead atoms. The van der Waals surface area contributed by atoms with Crippen LogP contribution in [0.5, 0.6) is 0 Å². The molecule has 116 valence electrons. The van der Waals surface area contributed by atoms with E-state index in [0.717, 1.165) is 34.8 Å². The lowest BCUT2D eigenvalue weighted by Gasteiger charge is -2.11. The van der Waals surface area contributed by atoms with E-state index in [1.165, 1.54) is 11.1 Å². The van der Waals surface area contributed by atoms with Crippen molar-refractivity contribution >= 4 is 23.6 Å². The van der Waals surface area contributed by atoms with Gasteiger partial charge in [-0.05, 0) is 49.9 Å². The molecule has 2 rings (SSSR count). The van der Waals surface area contributed by atoms with E-state index >= 15 is 0 Å². The molecule has 2 aromatic carbocycles. The van der Waals surface area contributed by atoms with Crippen LogP contribution in [-0.2, 0) is 6.42 Å². The minimum atomic E-state index is 0.775. The van der Waals surface area contributed by atoms with E-state index in [0.29, 0.717) is 0 Å². The molecule has 0 radical (unpaired) electrons. The Morgan fingerprint density at radius 1 is 1.14 bits per heavy atom. The monoisotopic (exact) mass is 314 g/mol. The highest BCUT2D eigenvalue weighted by Crippen LogP contribution is 2.28. The average Bonchev–Trinajstić information content (AvgIpc) is 2.51. The third-order valence-corrected chi connectivity index (χ3v) is 4.12. The molecule has 3 heteroatoms. The minimum Gasteiger partial charge on any atom is -0.366 e. The molecular formula is C19H23ClN2. The fourth-order valence-corrected chi connectivity index (χ4v) is 2.40. The first-order valence-electron chi connectivity index (χ1n) is 7.58. The van der Waals surface area contributed by atoms with E-state index in [1.807, 2.05) is 24.4 Å². The van der Waals surface area contributed by atoms with E-state index in [-0.39, 0.29) is 0 Å². The van der Waals surface area contributed by atoms with E-state index < -0.39 is 0 Å². The fourth-order valence-electron chi connectivity index (χ4n) is 2.17. The molecule has 0 aliphatic rings. The molecule has 0 saturated carbocycles. The number of aryl methyl sites for hydroxylation is 2. The average molecular weight is 315 g/mol. The SMILES string of the molecule is CCN(C)C=Nc1cc(Cl)c(Cc2ccc(C)cc2)cc1C. The van der Waals surface area contributed by atoms with Crippen LogP contribution in [0.15, 0.2) is 41.4 Å². The predicted octanol–water partition coefficient (Wildman–Crippen LogP) is 5.16. The maximum Gasteiger partial charge on any atom is 0.0909 e. The summed E-state index contributed by atoms with van der Waals surface area (Å²) < 4.78 is 0. The maximum absolute atomic E-state index is 6.44. The van der Waals surface area contributed by atoms with E-state index in [2.05, 4.69) is 56.1 Å². The second-order valence-electron chi connectivity index (χ2n) is 5.71. The molecule has 22 heavy (non-hydrogen) atoms. The van der Waals surface area contributed by atoms with Gasteiger partial charge in [0.2, 0.25) is 0 Å². The van der Waals surface area contributed by atoms with Crippen molar-refractivity contribution in [2.75, 3.05) is 13.6 Å². The highest BCUT2D eigenvalue weighted by Gasteiger charge is 2.06. The number of rotatable bonds is 5. The summed E-state index contributed by atoms with van der Waals surface area (Å²) in [6.45, 7) is 7.20. The summed E-state index contributed by atoms with van der Waals surface area (Å²) in [5.74, 6) is 0. The van der Waals surface area contributed by atoms with Gasteiger partial charge in [-0.2, -0.15) is 0 Å². The van der Waals surface area contributed by atoms with Crippen molar-refractivity contribution in [2.24, 2.45) is 4.99 Å². The van der Waals surface area contributed by atoms with Crippen LogP contribution in [0, 0.1) is 13.8 Å². The van der Waals surface area contributed by atoms with Gasteiger partial charge in [0.15, 0.2) is 0 Å². The summed E-state index contributed by atoms with van der Waals surface area (Å²) in [6, 6.07) is 12.7. The van der Waals surface area contributed by atoms with Gasteiger partial charge in [-0.1, -0.05) is 47.5 Å². The van der Waals surface area contributed by atoms with Crippen molar-refractivity contribution in [3.63, 3.8) is 0 Å². The molecular weight excluding hydrogens is 292 g/mol. The Morgan fingerprint density at radius 2 is 1.82 bits per heavy atom. The Bertz CT molecular complexity index is 660. The third kappa shape index (κ3) is 4.35. The summed E-state index contributed by atoms with van der Waals surface area (Å²) in [7, 11) is 2.01. The van der Waals surface area contributed by atoms with Crippen LogP contribution in [0.25, 0.3) is 0 Å². The third-order valence-electron chi connectivity index (χ3n) is 3.77. The number of nitrogens with zero attached hydrogens (tertiary/aromatic N) is 2. The van der Waals surface area contributed by atoms with Crippen LogP contribution in [-0.4, -0.2) is 24.8 Å². The van der Waals surface area contributed by atoms with Crippen molar-refractivity contribution in [3.8, 4) is 0 Å². The molecule has 0 fully saturated rings. The second kappa shape index (κ2) is 7.46. The summed E-state index contributed by atoms with van der Waals surface area (Å²) >= 11 is 6.44. The fraction of sp³-hybridized carbons (Fsp3) is 0.316. The first-order valence-corrected chi connectivity index (χ1v) is 7.96. The van der Waals surface area contributed by atoms with Crippen LogP contribution in [0.1, 0.15) is 29.2 Å². The Morgan fingerprint density at radius 3 is 2.45 bits per heavy atom. The Balaban J connectivity index is 2.22. The summed E-state index contributed by atoms with van der Waals surface area (Å²) in [5, 5.41) is 0.775. The maximum atomic E-state index is 6.44. The lowest BCUT2D eigenvalue weighted by molar-refractivity contribution is 0.552. The first kappa shape index (κ1) is 16.6. The highest BCUT2D eigenvalue weighted by molar-refractivity contribution is 6.31. The number of hydrogen-bond donors (Lipinski definition) is 0. The molecule has 0 unspecified atom stereocenters. The van der Waals surface area contributed by atoms with Gasteiger partial charge in [-0.15, -0.1) is 0 Å². The van der Waals surface area contributed by atoms with Gasteiger partial charge in [-0.25, -0.2) is 4.99 Å². The molecule has 0 aliphatic carbocycles. The largest absolute Gasteiger partial charge is 0.366 e. The lowest BCUT2D eigenvalue weighted by Crippen LogP contribution is -2.14. The van der Waals surface area contributed by atoms with Crippen LogP contribution in [0.2, 0.25) is 5.02 Å². The van der Waals surface area contributed by atoms with E-state index in [9.17, 15) is 0 Å². The lowest BCUT2D eigenvalue weighted by atomic mass is 10.0. The Labute approximate surface area is 138 Å². The highest BCUT2D eigenvalue weighted by atomic mass is 35.5. The minimum absolute atomic E-state index is 0.775. The number of aliphatic imine (C=N–C) groups is 1. The predicted molar refractivity (Wildman–Crippen MR) is 96.6 cm³/mol. The van der Waals surface area contributed by atoms with Crippen molar-refractivity contribution in [1.29, 1.82) is 0 Å². The second-order valence-corrected chi connectivity index (χ2v) is 6.12. The van der Waals surface area contributed by atoms with Crippen LogP contribution in [0.4, 0.5) is 5.69 Å². The number of halogens is 1. The number of benzene rings is 2. The van der Waals surface area contributed by atoms with Crippen molar-refractivity contribution in [3.05, 3.63) is 63.7 Å². The van der Waals surface area contributed by atoms with Gasteiger partial charge in [0.05, 0.1) is 12.0 Å². The normalized spacial score (nSPS) is 11.1. The quantitative estimate of drug-likeness (QED) is 0.550. The van der Waals surface area contributed by atoms with Crippen LogP contribution >= 0.6 is 11.6 Å². The Hall–Kier alpha value is -1.80. The standard InChI is InChI=1S/C19H23ClN2/c1-5-22(4)13-21-19-12-18(20)17(10-15(19)3)11-16-8-6-14(2)7-9-16/h6-10,12-13H,5,11H2,1-4H3. The van der Waals surface area contributed by atoms with Gasteiger partial charge in [0, 0.05) is 18.6 Å².